The number of hydrogen-bond donors (Lipinski definition) is 1. The molecule has 2 aliphatic carbocycles. The first-order chi connectivity index (χ1) is 7.97. The lowest BCUT2D eigenvalue weighted by atomic mass is 9.70. The fourth-order valence-corrected chi connectivity index (χ4v) is 4.19. The van der Waals surface area contributed by atoms with Gasteiger partial charge in [0.2, 0.25) is 0 Å². The van der Waals surface area contributed by atoms with Gasteiger partial charge < -0.3 is 5.32 Å². The standard InChI is InChI=1S/C15H23NO/c1-14(2)12-6-7-15(14,3)13(17)11(12)9-10-5-4-8-16-10/h9-10,12,16H,4-8H2,1-3H3/b11-9+/t10?,12-,15+/m0/s1. The summed E-state index contributed by atoms with van der Waals surface area (Å²) in [5.41, 5.74) is 1.21. The molecule has 2 nitrogen and oxygen atoms in total. The van der Waals surface area contributed by atoms with Crippen molar-refractivity contribution in [3.05, 3.63) is 11.6 Å². The van der Waals surface area contributed by atoms with Crippen molar-refractivity contribution in [1.29, 1.82) is 0 Å². The van der Waals surface area contributed by atoms with Gasteiger partial charge in [-0.1, -0.05) is 26.8 Å². The van der Waals surface area contributed by atoms with Gasteiger partial charge in [0.1, 0.15) is 0 Å². The number of carbonyl (C=O) groups excluding carboxylic acids is 1. The molecule has 0 aromatic rings. The number of rotatable bonds is 1. The van der Waals surface area contributed by atoms with E-state index >= 15 is 0 Å². The third kappa shape index (κ3) is 1.33. The van der Waals surface area contributed by atoms with Crippen LogP contribution in [0.4, 0.5) is 0 Å². The summed E-state index contributed by atoms with van der Waals surface area (Å²) in [6, 6.07) is 0.452. The molecule has 0 spiro atoms. The van der Waals surface area contributed by atoms with Crippen molar-refractivity contribution >= 4 is 5.78 Å². The molecule has 0 aromatic heterocycles. The number of carbonyl (C=O) groups is 1. The van der Waals surface area contributed by atoms with Crippen LogP contribution in [-0.4, -0.2) is 18.4 Å². The Morgan fingerprint density at radius 2 is 2.06 bits per heavy atom. The first-order valence-corrected chi connectivity index (χ1v) is 6.97. The minimum Gasteiger partial charge on any atom is -0.310 e. The van der Waals surface area contributed by atoms with Gasteiger partial charge in [-0.05, 0) is 49.1 Å². The van der Waals surface area contributed by atoms with Gasteiger partial charge in [-0.3, -0.25) is 4.79 Å². The highest BCUT2D eigenvalue weighted by Crippen LogP contribution is 2.65. The van der Waals surface area contributed by atoms with E-state index in [2.05, 4.69) is 32.2 Å². The maximum atomic E-state index is 12.6. The van der Waals surface area contributed by atoms with E-state index < -0.39 is 0 Å². The molecule has 3 atom stereocenters. The van der Waals surface area contributed by atoms with Crippen molar-refractivity contribution in [2.24, 2.45) is 16.7 Å². The van der Waals surface area contributed by atoms with Crippen molar-refractivity contribution in [3.63, 3.8) is 0 Å². The predicted molar refractivity (Wildman–Crippen MR) is 68.7 cm³/mol. The Bertz CT molecular complexity index is 390. The summed E-state index contributed by atoms with van der Waals surface area (Å²) in [5, 5.41) is 3.47. The molecule has 1 unspecified atom stereocenters. The van der Waals surface area contributed by atoms with Crippen LogP contribution in [0.1, 0.15) is 46.5 Å². The molecule has 0 aromatic carbocycles. The Labute approximate surface area is 104 Å². The van der Waals surface area contributed by atoms with Crippen molar-refractivity contribution in [2.45, 2.75) is 52.5 Å². The quantitative estimate of drug-likeness (QED) is 0.706. The Morgan fingerprint density at radius 3 is 2.59 bits per heavy atom. The summed E-state index contributed by atoms with van der Waals surface area (Å²) in [7, 11) is 0. The fraction of sp³-hybridized carbons (Fsp3) is 0.800. The van der Waals surface area contributed by atoms with E-state index in [-0.39, 0.29) is 10.8 Å². The third-order valence-electron chi connectivity index (χ3n) is 5.84. The molecule has 94 valence electrons. The highest BCUT2D eigenvalue weighted by atomic mass is 16.1. The predicted octanol–water partition coefficient (Wildman–Crippen LogP) is 2.69. The van der Waals surface area contributed by atoms with Crippen LogP contribution in [0.15, 0.2) is 11.6 Å². The Morgan fingerprint density at radius 1 is 1.29 bits per heavy atom. The van der Waals surface area contributed by atoms with E-state index in [9.17, 15) is 4.79 Å². The number of allylic oxidation sites excluding steroid dienone is 1. The van der Waals surface area contributed by atoms with Crippen LogP contribution in [0.3, 0.4) is 0 Å². The van der Waals surface area contributed by atoms with Gasteiger partial charge in [0.15, 0.2) is 5.78 Å². The van der Waals surface area contributed by atoms with Crippen molar-refractivity contribution in [3.8, 4) is 0 Å². The normalized spacial score (nSPS) is 46.1. The zero-order valence-corrected chi connectivity index (χ0v) is 11.2. The van der Waals surface area contributed by atoms with Crippen LogP contribution in [0, 0.1) is 16.7 Å². The topological polar surface area (TPSA) is 29.1 Å². The van der Waals surface area contributed by atoms with E-state index in [1.165, 1.54) is 19.3 Å². The van der Waals surface area contributed by atoms with Gasteiger partial charge in [-0.2, -0.15) is 0 Å². The molecule has 1 N–H and O–H groups in total. The average molecular weight is 233 g/mol. The lowest BCUT2D eigenvalue weighted by Gasteiger charge is -2.31. The molecule has 2 saturated carbocycles. The highest BCUT2D eigenvalue weighted by molar-refractivity contribution is 6.04. The van der Waals surface area contributed by atoms with E-state index in [1.54, 1.807) is 0 Å². The summed E-state index contributed by atoms with van der Waals surface area (Å²) in [4.78, 5) is 12.6. The summed E-state index contributed by atoms with van der Waals surface area (Å²) >= 11 is 0. The fourth-order valence-electron chi connectivity index (χ4n) is 4.19. The Balaban J connectivity index is 1.96. The molecule has 17 heavy (non-hydrogen) atoms. The van der Waals surface area contributed by atoms with Crippen LogP contribution in [0.5, 0.6) is 0 Å². The molecule has 3 rings (SSSR count). The minimum atomic E-state index is -0.0951. The first-order valence-electron chi connectivity index (χ1n) is 6.97. The lowest BCUT2D eigenvalue weighted by molar-refractivity contribution is -0.125. The minimum absolute atomic E-state index is 0.0951. The van der Waals surface area contributed by atoms with Gasteiger partial charge in [0, 0.05) is 11.5 Å². The van der Waals surface area contributed by atoms with Crippen LogP contribution in [0.25, 0.3) is 0 Å². The second kappa shape index (κ2) is 3.44. The first kappa shape index (κ1) is 11.5. The monoisotopic (exact) mass is 233 g/mol. The number of hydrogen-bond acceptors (Lipinski definition) is 2. The van der Waals surface area contributed by atoms with Crippen molar-refractivity contribution in [2.75, 3.05) is 6.54 Å². The number of ketones is 1. The average Bonchev–Trinajstić information content (AvgIpc) is 2.87. The highest BCUT2D eigenvalue weighted by Gasteiger charge is 2.63. The molecule has 1 aliphatic heterocycles. The van der Waals surface area contributed by atoms with Gasteiger partial charge in [-0.15, -0.1) is 0 Å². The maximum Gasteiger partial charge on any atom is 0.165 e. The van der Waals surface area contributed by atoms with Gasteiger partial charge in [0.05, 0.1) is 0 Å². The molecule has 3 aliphatic rings. The maximum absolute atomic E-state index is 12.6. The zero-order chi connectivity index (χ0) is 12.3. The summed E-state index contributed by atoms with van der Waals surface area (Å²) in [5.74, 6) is 0.940. The van der Waals surface area contributed by atoms with Crippen LogP contribution < -0.4 is 5.32 Å². The zero-order valence-electron chi connectivity index (χ0n) is 11.2. The molecule has 1 heterocycles. The van der Waals surface area contributed by atoms with Crippen molar-refractivity contribution < 1.29 is 4.79 Å². The molecular weight excluding hydrogens is 210 g/mol. The second-order valence-electron chi connectivity index (χ2n) is 6.80. The van der Waals surface area contributed by atoms with Gasteiger partial charge >= 0.3 is 0 Å². The van der Waals surface area contributed by atoms with Gasteiger partial charge in [0.25, 0.3) is 0 Å². The molecular formula is C15H23NO. The number of Topliss-reactive ketones (excluding diaryl/α,β-unsaturated/α-hetero) is 1. The molecule has 3 fully saturated rings. The largest absolute Gasteiger partial charge is 0.310 e. The van der Waals surface area contributed by atoms with E-state index in [4.69, 9.17) is 0 Å². The molecule has 0 radical (unpaired) electrons. The summed E-state index contributed by atoms with van der Waals surface area (Å²) in [6.07, 6.45) is 6.98. The second-order valence-corrected chi connectivity index (χ2v) is 6.80. The Kier molecular flexibility index (Phi) is 2.32. The smallest absolute Gasteiger partial charge is 0.165 e. The summed E-state index contributed by atoms with van der Waals surface area (Å²) < 4.78 is 0. The van der Waals surface area contributed by atoms with E-state index in [0.29, 0.717) is 17.7 Å². The molecule has 2 bridgehead atoms. The third-order valence-corrected chi connectivity index (χ3v) is 5.84. The lowest BCUT2D eigenvalue weighted by Crippen LogP contribution is -2.32. The van der Waals surface area contributed by atoms with Crippen LogP contribution in [-0.2, 0) is 4.79 Å². The SMILES string of the molecule is CC1(C)[C@H]2CC[C@]1(C)C(=O)/C2=C/C1CCCN1. The summed E-state index contributed by atoms with van der Waals surface area (Å²) in [6.45, 7) is 7.85. The number of nitrogens with one attached hydrogen (secondary N) is 1. The van der Waals surface area contributed by atoms with Crippen molar-refractivity contribution in [1.82, 2.24) is 5.32 Å². The van der Waals surface area contributed by atoms with E-state index in [1.807, 2.05) is 0 Å². The molecule has 1 saturated heterocycles. The van der Waals surface area contributed by atoms with Crippen LogP contribution in [0.2, 0.25) is 0 Å². The van der Waals surface area contributed by atoms with Crippen LogP contribution >= 0.6 is 0 Å². The van der Waals surface area contributed by atoms with E-state index in [0.717, 1.165) is 18.5 Å². The van der Waals surface area contributed by atoms with Gasteiger partial charge in [-0.25, -0.2) is 0 Å². The molecule has 0 amide bonds. The molecule has 2 heteroatoms. The number of fused-ring (bicyclic) bond motifs is 2. The Hall–Kier alpha value is -0.630.